The number of aromatic nitrogens is 2. The molecule has 0 aliphatic carbocycles. The van der Waals surface area contributed by atoms with Gasteiger partial charge in [-0.3, -0.25) is 4.52 Å². The van der Waals surface area contributed by atoms with Crippen molar-refractivity contribution >= 4 is 7.82 Å². The number of phosphoric acid groups is 1. The molecule has 0 saturated carbocycles. The van der Waals surface area contributed by atoms with Crippen molar-refractivity contribution in [2.45, 2.75) is 12.5 Å². The zero-order chi connectivity index (χ0) is 10.6. The normalized spacial score (nSPS) is 14.2. The summed E-state index contributed by atoms with van der Waals surface area (Å²) in [5.74, 6) is 0. The largest absolute Gasteiger partial charge is 0.469 e. The number of hydrogen-bond donors (Lipinski definition) is 4. The Labute approximate surface area is 80.5 Å². The van der Waals surface area contributed by atoms with Crippen LogP contribution in [0.25, 0.3) is 0 Å². The Morgan fingerprint density at radius 3 is 2.93 bits per heavy atom. The Balaban J connectivity index is 2.30. The number of hydrogen-bond acceptors (Lipinski definition) is 4. The molecule has 0 fully saturated rings. The van der Waals surface area contributed by atoms with E-state index in [2.05, 4.69) is 14.5 Å². The lowest BCUT2D eigenvalue weighted by Crippen LogP contribution is -2.28. The average molecular weight is 221 g/mol. The maximum Gasteiger partial charge on any atom is 0.469 e. The van der Waals surface area contributed by atoms with Crippen molar-refractivity contribution in [2.75, 3.05) is 6.61 Å². The van der Waals surface area contributed by atoms with Crippen LogP contribution in [0.3, 0.4) is 0 Å². The van der Waals surface area contributed by atoms with Gasteiger partial charge in [0.25, 0.3) is 0 Å². The van der Waals surface area contributed by atoms with E-state index in [1.54, 1.807) is 6.20 Å². The predicted octanol–water partition coefficient (Wildman–Crippen LogP) is -0.611. The van der Waals surface area contributed by atoms with Gasteiger partial charge in [0.05, 0.1) is 12.9 Å². The van der Waals surface area contributed by atoms with Crippen LogP contribution in [0.2, 0.25) is 0 Å². The van der Waals surface area contributed by atoms with Crippen molar-refractivity contribution in [1.29, 1.82) is 0 Å². The molecular formula is C6H12N3O4P. The van der Waals surface area contributed by atoms with E-state index in [9.17, 15) is 4.57 Å². The third kappa shape index (κ3) is 4.50. The lowest BCUT2D eigenvalue weighted by atomic mass is 10.2. The van der Waals surface area contributed by atoms with E-state index in [4.69, 9.17) is 15.5 Å². The molecular weight excluding hydrogens is 209 g/mol. The Morgan fingerprint density at radius 1 is 1.71 bits per heavy atom. The highest BCUT2D eigenvalue weighted by Crippen LogP contribution is 2.35. The third-order valence-electron chi connectivity index (χ3n) is 1.49. The van der Waals surface area contributed by atoms with Gasteiger partial charge in [0, 0.05) is 24.4 Å². The maximum absolute atomic E-state index is 10.3. The lowest BCUT2D eigenvalue weighted by Gasteiger charge is -2.11. The van der Waals surface area contributed by atoms with Crippen molar-refractivity contribution in [3.8, 4) is 0 Å². The summed E-state index contributed by atoms with van der Waals surface area (Å²) in [6.45, 7) is -0.191. The minimum atomic E-state index is -4.42. The van der Waals surface area contributed by atoms with E-state index in [-0.39, 0.29) is 6.61 Å². The summed E-state index contributed by atoms with van der Waals surface area (Å²) >= 11 is 0. The van der Waals surface area contributed by atoms with Gasteiger partial charge in [0.2, 0.25) is 0 Å². The highest BCUT2D eigenvalue weighted by Gasteiger charge is 2.16. The molecule has 8 heteroatoms. The molecule has 0 aromatic carbocycles. The molecule has 0 aliphatic rings. The summed E-state index contributed by atoms with van der Waals surface area (Å²) in [4.78, 5) is 23.4. The predicted molar refractivity (Wildman–Crippen MR) is 48.3 cm³/mol. The molecule has 5 N–H and O–H groups in total. The Bertz CT molecular complexity index is 309. The quantitative estimate of drug-likeness (QED) is 0.492. The van der Waals surface area contributed by atoms with E-state index < -0.39 is 13.9 Å². The fraction of sp³-hybridized carbons (Fsp3) is 0.500. The molecule has 7 nitrogen and oxygen atoms in total. The number of imidazole rings is 1. The number of rotatable bonds is 5. The fourth-order valence-corrected chi connectivity index (χ4v) is 1.32. The summed E-state index contributed by atoms with van der Waals surface area (Å²) in [5, 5.41) is 0. The first-order valence-corrected chi connectivity index (χ1v) is 5.43. The van der Waals surface area contributed by atoms with E-state index in [0.717, 1.165) is 5.69 Å². The first-order chi connectivity index (χ1) is 6.47. The SMILES string of the molecule is NC(COP(=O)(O)O)Cc1cnc[nH]1. The highest BCUT2D eigenvalue weighted by molar-refractivity contribution is 7.46. The van der Waals surface area contributed by atoms with Gasteiger partial charge in [-0.1, -0.05) is 0 Å². The summed E-state index contributed by atoms with van der Waals surface area (Å²) in [6.07, 6.45) is 3.53. The highest BCUT2D eigenvalue weighted by atomic mass is 31.2. The van der Waals surface area contributed by atoms with E-state index in [1.807, 2.05) is 0 Å². The maximum atomic E-state index is 10.3. The molecule has 0 saturated heterocycles. The molecule has 0 radical (unpaired) electrons. The van der Waals surface area contributed by atoms with Crippen molar-refractivity contribution in [3.63, 3.8) is 0 Å². The minimum absolute atomic E-state index is 0.191. The number of H-pyrrole nitrogens is 1. The minimum Gasteiger partial charge on any atom is -0.348 e. The number of nitrogens with zero attached hydrogens (tertiary/aromatic N) is 1. The van der Waals surface area contributed by atoms with Crippen LogP contribution in [0.4, 0.5) is 0 Å². The van der Waals surface area contributed by atoms with E-state index in [1.165, 1.54) is 6.33 Å². The number of phosphoric ester groups is 1. The molecule has 0 spiro atoms. The third-order valence-corrected chi connectivity index (χ3v) is 1.98. The van der Waals surface area contributed by atoms with Gasteiger partial charge in [-0.25, -0.2) is 9.55 Å². The van der Waals surface area contributed by atoms with Gasteiger partial charge in [-0.2, -0.15) is 0 Å². The zero-order valence-electron chi connectivity index (χ0n) is 7.33. The molecule has 80 valence electrons. The lowest BCUT2D eigenvalue weighted by molar-refractivity contribution is 0.185. The van der Waals surface area contributed by atoms with Crippen molar-refractivity contribution in [3.05, 3.63) is 18.2 Å². The summed E-state index contributed by atoms with van der Waals surface area (Å²) in [7, 11) is -4.42. The Kier molecular flexibility index (Phi) is 3.79. The van der Waals surface area contributed by atoms with Gasteiger partial charge in [0.15, 0.2) is 0 Å². The van der Waals surface area contributed by atoms with Crippen molar-refractivity contribution < 1.29 is 18.9 Å². The molecule has 0 aliphatic heterocycles. The van der Waals surface area contributed by atoms with Crippen LogP contribution in [0.1, 0.15) is 5.69 Å². The summed E-state index contributed by atoms with van der Waals surface area (Å²) < 4.78 is 14.6. The second-order valence-electron chi connectivity index (χ2n) is 2.83. The monoisotopic (exact) mass is 221 g/mol. The molecule has 1 atom stereocenters. The smallest absolute Gasteiger partial charge is 0.348 e. The molecule has 1 unspecified atom stereocenters. The van der Waals surface area contributed by atoms with E-state index >= 15 is 0 Å². The summed E-state index contributed by atoms with van der Waals surface area (Å²) in [6, 6.07) is -0.469. The van der Waals surface area contributed by atoms with Crippen LogP contribution < -0.4 is 5.73 Å². The Hall–Kier alpha value is -0.720. The Morgan fingerprint density at radius 2 is 2.43 bits per heavy atom. The second-order valence-corrected chi connectivity index (χ2v) is 4.07. The molecule has 0 bridgehead atoms. The molecule has 14 heavy (non-hydrogen) atoms. The van der Waals surface area contributed by atoms with Crippen LogP contribution in [0.15, 0.2) is 12.5 Å². The van der Waals surface area contributed by atoms with Crippen LogP contribution in [0.5, 0.6) is 0 Å². The number of nitrogens with two attached hydrogens (primary N) is 1. The molecule has 1 aromatic rings. The van der Waals surface area contributed by atoms with Crippen LogP contribution in [0, 0.1) is 0 Å². The fourth-order valence-electron chi connectivity index (χ4n) is 0.931. The van der Waals surface area contributed by atoms with Gasteiger partial charge >= 0.3 is 7.82 Å². The van der Waals surface area contributed by atoms with Crippen LogP contribution in [-0.4, -0.2) is 32.4 Å². The van der Waals surface area contributed by atoms with Gasteiger partial charge in [-0.05, 0) is 0 Å². The zero-order valence-corrected chi connectivity index (χ0v) is 8.22. The molecule has 1 aromatic heterocycles. The van der Waals surface area contributed by atoms with Gasteiger partial charge in [0.1, 0.15) is 0 Å². The van der Waals surface area contributed by atoms with Crippen molar-refractivity contribution in [2.24, 2.45) is 5.73 Å². The average Bonchev–Trinajstić information content (AvgIpc) is 2.52. The van der Waals surface area contributed by atoms with Gasteiger partial charge < -0.3 is 20.5 Å². The molecule has 1 heterocycles. The first kappa shape index (κ1) is 11.4. The topological polar surface area (TPSA) is 121 Å². The van der Waals surface area contributed by atoms with Crippen LogP contribution in [-0.2, 0) is 15.5 Å². The summed E-state index contributed by atoms with van der Waals surface area (Å²) in [5.41, 5.74) is 6.35. The van der Waals surface area contributed by atoms with Gasteiger partial charge in [-0.15, -0.1) is 0 Å². The standard InChI is InChI=1S/C6H12N3O4P/c7-5(3-13-14(10,11)12)1-6-2-8-4-9-6/h2,4-5H,1,3,7H2,(H,8,9)(H2,10,11,12). The number of aromatic amines is 1. The second kappa shape index (κ2) is 4.68. The van der Waals surface area contributed by atoms with E-state index in [0.29, 0.717) is 6.42 Å². The first-order valence-electron chi connectivity index (χ1n) is 3.90. The molecule has 1 rings (SSSR count). The molecule has 0 amide bonds. The van der Waals surface area contributed by atoms with Crippen molar-refractivity contribution in [1.82, 2.24) is 9.97 Å². The van der Waals surface area contributed by atoms with Crippen LogP contribution >= 0.6 is 7.82 Å². The number of nitrogens with one attached hydrogen (secondary N) is 1.